The zero-order valence-electron chi connectivity index (χ0n) is 15.1. The second-order valence-electron chi connectivity index (χ2n) is 6.68. The van der Waals surface area contributed by atoms with E-state index in [0.29, 0.717) is 19.4 Å². The van der Waals surface area contributed by atoms with Crippen LogP contribution < -0.4 is 10.6 Å². The van der Waals surface area contributed by atoms with Gasteiger partial charge in [-0.2, -0.15) is 0 Å². The minimum Gasteiger partial charge on any atom is -0.478 e. The van der Waals surface area contributed by atoms with E-state index in [4.69, 9.17) is 5.11 Å². The van der Waals surface area contributed by atoms with Gasteiger partial charge in [-0.3, -0.25) is 19.7 Å². The van der Waals surface area contributed by atoms with Crippen LogP contribution in [0.2, 0.25) is 0 Å². The first-order chi connectivity index (χ1) is 12.8. The van der Waals surface area contributed by atoms with Crippen LogP contribution in [0.3, 0.4) is 0 Å². The van der Waals surface area contributed by atoms with Crippen LogP contribution in [0, 0.1) is 10.1 Å². The highest BCUT2D eigenvalue weighted by Crippen LogP contribution is 2.29. The summed E-state index contributed by atoms with van der Waals surface area (Å²) in [6.45, 7) is 2.40. The van der Waals surface area contributed by atoms with E-state index >= 15 is 0 Å². The molecule has 1 aliphatic rings. The number of nitrogens with zero attached hydrogens (tertiary/aromatic N) is 1. The van der Waals surface area contributed by atoms with Crippen molar-refractivity contribution in [3.05, 3.63) is 39.4 Å². The largest absolute Gasteiger partial charge is 0.478 e. The van der Waals surface area contributed by atoms with Crippen LogP contribution in [0.4, 0.5) is 5.69 Å². The summed E-state index contributed by atoms with van der Waals surface area (Å²) in [6, 6.07) is 2.98. The number of nitro groups is 1. The van der Waals surface area contributed by atoms with Crippen LogP contribution in [0.1, 0.15) is 66.2 Å². The predicted octanol–water partition coefficient (Wildman–Crippen LogP) is 2.25. The minimum absolute atomic E-state index is 0.158. The first-order valence-electron chi connectivity index (χ1n) is 8.92. The molecule has 1 aromatic rings. The van der Waals surface area contributed by atoms with Gasteiger partial charge in [-0.15, -0.1) is 0 Å². The Morgan fingerprint density at radius 1 is 1.15 bits per heavy atom. The number of nitro benzene ring substituents is 1. The Balaban J connectivity index is 2.33. The van der Waals surface area contributed by atoms with Crippen LogP contribution in [0.25, 0.3) is 0 Å². The Hall–Kier alpha value is -2.97. The standard InChI is InChI=1S/C18H23N3O6/c1-2-8-19-17(25)18(6-4-3-5-7-18)20-15(22)12-9-13(16(23)24)11-14(10-12)21(26)27/h9-11H,2-8H2,1H3,(H,19,25)(H,20,22)(H,23,24). The van der Waals surface area contributed by atoms with E-state index in [1.54, 1.807) is 0 Å². The number of rotatable bonds is 7. The zero-order valence-corrected chi connectivity index (χ0v) is 15.1. The summed E-state index contributed by atoms with van der Waals surface area (Å²) in [6.07, 6.45) is 4.19. The molecule has 1 aromatic carbocycles. The third-order valence-corrected chi connectivity index (χ3v) is 4.67. The lowest BCUT2D eigenvalue weighted by atomic mass is 9.80. The van der Waals surface area contributed by atoms with Gasteiger partial charge in [0.15, 0.2) is 0 Å². The summed E-state index contributed by atoms with van der Waals surface area (Å²) in [5.41, 5.74) is -2.09. The van der Waals surface area contributed by atoms with Crippen molar-refractivity contribution < 1.29 is 24.4 Å². The third-order valence-electron chi connectivity index (χ3n) is 4.67. The fourth-order valence-corrected chi connectivity index (χ4v) is 3.23. The quantitative estimate of drug-likeness (QED) is 0.492. The highest BCUT2D eigenvalue weighted by Gasteiger charge is 2.41. The van der Waals surface area contributed by atoms with Crippen molar-refractivity contribution in [3.8, 4) is 0 Å². The van der Waals surface area contributed by atoms with E-state index in [-0.39, 0.29) is 17.0 Å². The van der Waals surface area contributed by atoms with Gasteiger partial charge in [-0.1, -0.05) is 26.2 Å². The molecule has 3 N–H and O–H groups in total. The molecule has 0 atom stereocenters. The lowest BCUT2D eigenvalue weighted by molar-refractivity contribution is -0.384. The molecule has 0 unspecified atom stereocenters. The molecule has 0 saturated heterocycles. The summed E-state index contributed by atoms with van der Waals surface area (Å²) >= 11 is 0. The maximum atomic E-state index is 12.7. The van der Waals surface area contributed by atoms with Gasteiger partial charge in [-0.25, -0.2) is 4.79 Å². The fourth-order valence-electron chi connectivity index (χ4n) is 3.23. The summed E-state index contributed by atoms with van der Waals surface area (Å²) in [4.78, 5) is 46.9. The van der Waals surface area contributed by atoms with Gasteiger partial charge in [0.1, 0.15) is 5.54 Å². The van der Waals surface area contributed by atoms with E-state index in [2.05, 4.69) is 10.6 Å². The molecule has 0 spiro atoms. The summed E-state index contributed by atoms with van der Waals surface area (Å²) in [5.74, 6) is -2.35. The number of carboxylic acids is 1. The molecule has 0 bridgehead atoms. The Morgan fingerprint density at radius 2 is 1.78 bits per heavy atom. The number of nitrogens with one attached hydrogen (secondary N) is 2. The van der Waals surface area contributed by atoms with Crippen LogP contribution in [0.15, 0.2) is 18.2 Å². The second kappa shape index (κ2) is 8.61. The topological polar surface area (TPSA) is 139 Å². The molecule has 27 heavy (non-hydrogen) atoms. The Morgan fingerprint density at radius 3 is 2.33 bits per heavy atom. The van der Waals surface area contributed by atoms with E-state index < -0.39 is 28.0 Å². The monoisotopic (exact) mass is 377 g/mol. The number of benzene rings is 1. The lowest BCUT2D eigenvalue weighted by Crippen LogP contribution is -2.59. The van der Waals surface area contributed by atoms with Crippen molar-refractivity contribution in [1.29, 1.82) is 0 Å². The van der Waals surface area contributed by atoms with Gasteiger partial charge in [-0.05, 0) is 25.3 Å². The van der Waals surface area contributed by atoms with Crippen molar-refractivity contribution in [2.24, 2.45) is 0 Å². The number of hydrogen-bond acceptors (Lipinski definition) is 5. The number of carbonyl (C=O) groups excluding carboxylic acids is 2. The van der Waals surface area contributed by atoms with Crippen molar-refractivity contribution >= 4 is 23.5 Å². The lowest BCUT2D eigenvalue weighted by Gasteiger charge is -2.36. The maximum absolute atomic E-state index is 12.7. The SMILES string of the molecule is CCCNC(=O)C1(NC(=O)c2cc(C(=O)O)cc([N+](=O)[O-])c2)CCCCC1. The number of amides is 2. The zero-order chi connectivity index (χ0) is 20.0. The normalized spacial score (nSPS) is 15.6. The summed E-state index contributed by atoms with van der Waals surface area (Å²) in [7, 11) is 0. The molecule has 9 heteroatoms. The van der Waals surface area contributed by atoms with Crippen molar-refractivity contribution in [2.75, 3.05) is 6.54 Å². The molecule has 2 rings (SSSR count). The highest BCUT2D eigenvalue weighted by atomic mass is 16.6. The Bertz CT molecular complexity index is 723. The van der Waals surface area contributed by atoms with Gasteiger partial charge >= 0.3 is 5.97 Å². The van der Waals surface area contributed by atoms with Gasteiger partial charge in [0.25, 0.3) is 11.6 Å². The minimum atomic E-state index is -1.37. The number of carbonyl (C=O) groups is 3. The predicted molar refractivity (Wildman–Crippen MR) is 96.6 cm³/mol. The average Bonchev–Trinajstić information content (AvgIpc) is 2.66. The van der Waals surface area contributed by atoms with Crippen LogP contribution >= 0.6 is 0 Å². The van der Waals surface area contributed by atoms with Crippen molar-refractivity contribution in [3.63, 3.8) is 0 Å². The third kappa shape index (κ3) is 4.81. The summed E-state index contributed by atoms with van der Waals surface area (Å²) < 4.78 is 0. The van der Waals surface area contributed by atoms with E-state index in [1.807, 2.05) is 6.92 Å². The van der Waals surface area contributed by atoms with E-state index in [9.17, 15) is 24.5 Å². The fraction of sp³-hybridized carbons (Fsp3) is 0.500. The van der Waals surface area contributed by atoms with Gasteiger partial charge in [0.05, 0.1) is 10.5 Å². The van der Waals surface area contributed by atoms with Crippen LogP contribution in [-0.2, 0) is 4.79 Å². The number of non-ortho nitro benzene ring substituents is 1. The molecular weight excluding hydrogens is 354 g/mol. The molecule has 0 heterocycles. The molecule has 2 amide bonds. The maximum Gasteiger partial charge on any atom is 0.335 e. The molecule has 0 radical (unpaired) electrons. The van der Waals surface area contributed by atoms with Gasteiger partial charge in [0, 0.05) is 24.2 Å². The van der Waals surface area contributed by atoms with Crippen LogP contribution in [-0.4, -0.2) is 39.9 Å². The molecule has 146 valence electrons. The second-order valence-corrected chi connectivity index (χ2v) is 6.68. The first-order valence-corrected chi connectivity index (χ1v) is 8.92. The van der Waals surface area contributed by atoms with Crippen molar-refractivity contribution in [2.45, 2.75) is 51.0 Å². The van der Waals surface area contributed by atoms with E-state index in [0.717, 1.165) is 43.9 Å². The van der Waals surface area contributed by atoms with Crippen LogP contribution in [0.5, 0.6) is 0 Å². The van der Waals surface area contributed by atoms with E-state index in [1.165, 1.54) is 0 Å². The smallest absolute Gasteiger partial charge is 0.335 e. The highest BCUT2D eigenvalue weighted by molar-refractivity contribution is 6.01. The molecule has 1 aliphatic carbocycles. The molecule has 0 aromatic heterocycles. The van der Waals surface area contributed by atoms with Crippen molar-refractivity contribution in [1.82, 2.24) is 10.6 Å². The Labute approximate surface area is 156 Å². The Kier molecular flexibility index (Phi) is 6.49. The molecule has 1 fully saturated rings. The number of hydrogen-bond donors (Lipinski definition) is 3. The number of aromatic carboxylic acids is 1. The molecular formula is C18H23N3O6. The molecule has 1 saturated carbocycles. The van der Waals surface area contributed by atoms with Gasteiger partial charge in [0.2, 0.25) is 5.91 Å². The number of carboxylic acid groups (broad SMARTS) is 1. The first kappa shape index (κ1) is 20.3. The summed E-state index contributed by atoms with van der Waals surface area (Å²) in [5, 5.41) is 25.7. The molecule has 0 aliphatic heterocycles. The molecule has 9 nitrogen and oxygen atoms in total. The van der Waals surface area contributed by atoms with Gasteiger partial charge < -0.3 is 15.7 Å². The average molecular weight is 377 g/mol.